The van der Waals surface area contributed by atoms with Gasteiger partial charge in [-0.05, 0) is 66.6 Å². The second kappa shape index (κ2) is 13.1. The van der Waals surface area contributed by atoms with E-state index in [4.69, 9.17) is 21.2 Å². The standard InChI is InChI=1S/C33H39N5O3/c1-41-19-7-18-38-30-12-5-4-11-29(30)36-33(38)26-9-6-17-37(22-26)31(39)21-27(34)20-25-8-2-3-10-28(25)23-13-15-24(16-14-23)32(35)40/h2-5,8,10-16,26-27H,6-7,9,17-22,34H2,1H3,(H2,35,40)/t26-,27-/m1/s1. The van der Waals surface area contributed by atoms with Gasteiger partial charge in [-0.1, -0.05) is 48.5 Å². The van der Waals surface area contributed by atoms with Gasteiger partial charge in [-0.2, -0.15) is 0 Å². The average Bonchev–Trinajstić information content (AvgIpc) is 3.36. The lowest BCUT2D eigenvalue weighted by atomic mass is 9.93. The van der Waals surface area contributed by atoms with Crippen molar-refractivity contribution in [2.75, 3.05) is 26.8 Å². The highest BCUT2D eigenvalue weighted by molar-refractivity contribution is 5.93. The Bertz CT molecular complexity index is 1500. The summed E-state index contributed by atoms with van der Waals surface area (Å²) < 4.78 is 7.61. The van der Waals surface area contributed by atoms with Gasteiger partial charge < -0.3 is 25.7 Å². The van der Waals surface area contributed by atoms with E-state index in [2.05, 4.69) is 16.7 Å². The van der Waals surface area contributed by atoms with Crippen LogP contribution in [0.2, 0.25) is 0 Å². The number of amides is 2. The van der Waals surface area contributed by atoms with Crippen molar-refractivity contribution in [3.63, 3.8) is 0 Å². The van der Waals surface area contributed by atoms with Crippen LogP contribution in [0.15, 0.2) is 72.8 Å². The molecule has 0 aliphatic carbocycles. The second-order valence-electron chi connectivity index (χ2n) is 10.9. The number of nitrogens with zero attached hydrogens (tertiary/aromatic N) is 3. The maximum atomic E-state index is 13.5. The molecular formula is C33H39N5O3. The van der Waals surface area contributed by atoms with Gasteiger partial charge in [0.1, 0.15) is 5.82 Å². The Hall–Kier alpha value is -4.01. The maximum absolute atomic E-state index is 13.5. The summed E-state index contributed by atoms with van der Waals surface area (Å²) in [6.45, 7) is 2.93. The maximum Gasteiger partial charge on any atom is 0.248 e. The number of para-hydroxylation sites is 2. The molecule has 3 aromatic carbocycles. The zero-order valence-corrected chi connectivity index (χ0v) is 23.7. The van der Waals surface area contributed by atoms with E-state index in [-0.39, 0.29) is 24.3 Å². The number of nitrogens with two attached hydrogens (primary N) is 2. The number of hydrogen-bond donors (Lipinski definition) is 2. The number of carbonyl (C=O) groups excluding carboxylic acids is 2. The Labute approximate surface area is 241 Å². The van der Waals surface area contributed by atoms with Gasteiger partial charge >= 0.3 is 0 Å². The molecule has 214 valence electrons. The van der Waals surface area contributed by atoms with E-state index < -0.39 is 5.91 Å². The SMILES string of the molecule is COCCCn1c([C@@H]2CCCN(C(=O)C[C@H](N)Cc3ccccc3-c3ccc(C(N)=O)cc3)C2)nc2ccccc21. The van der Waals surface area contributed by atoms with E-state index in [0.717, 1.165) is 65.9 Å². The van der Waals surface area contributed by atoms with Crippen LogP contribution in [0.5, 0.6) is 0 Å². The molecule has 2 heterocycles. The molecule has 0 bridgehead atoms. The van der Waals surface area contributed by atoms with Crippen LogP contribution in [0, 0.1) is 0 Å². The van der Waals surface area contributed by atoms with E-state index in [1.54, 1.807) is 19.2 Å². The highest BCUT2D eigenvalue weighted by Crippen LogP contribution is 2.30. The number of hydrogen-bond acceptors (Lipinski definition) is 5. The van der Waals surface area contributed by atoms with Crippen LogP contribution in [-0.2, 0) is 22.5 Å². The minimum absolute atomic E-state index is 0.0903. The molecule has 1 fully saturated rings. The smallest absolute Gasteiger partial charge is 0.248 e. The van der Waals surface area contributed by atoms with Crippen molar-refractivity contribution >= 4 is 22.8 Å². The zero-order chi connectivity index (χ0) is 28.8. The molecule has 2 atom stereocenters. The van der Waals surface area contributed by atoms with E-state index in [1.807, 2.05) is 53.4 Å². The molecule has 8 heteroatoms. The highest BCUT2D eigenvalue weighted by atomic mass is 16.5. The number of aromatic nitrogens is 2. The zero-order valence-electron chi connectivity index (χ0n) is 23.7. The van der Waals surface area contributed by atoms with Crippen LogP contribution in [-0.4, -0.2) is 59.1 Å². The van der Waals surface area contributed by atoms with Crippen LogP contribution in [0.3, 0.4) is 0 Å². The number of primary amides is 1. The van der Waals surface area contributed by atoms with Gasteiger partial charge in [0.05, 0.1) is 11.0 Å². The van der Waals surface area contributed by atoms with Gasteiger partial charge in [0.2, 0.25) is 11.8 Å². The lowest BCUT2D eigenvalue weighted by Crippen LogP contribution is -2.42. The fourth-order valence-corrected chi connectivity index (χ4v) is 5.92. The molecule has 0 spiro atoms. The Kier molecular flexibility index (Phi) is 9.11. The monoisotopic (exact) mass is 553 g/mol. The highest BCUT2D eigenvalue weighted by Gasteiger charge is 2.29. The first-order valence-corrected chi connectivity index (χ1v) is 14.4. The van der Waals surface area contributed by atoms with Crippen LogP contribution in [0.25, 0.3) is 22.2 Å². The Morgan fingerprint density at radius 1 is 1.05 bits per heavy atom. The number of methoxy groups -OCH3 is 1. The molecule has 1 aromatic heterocycles. The van der Waals surface area contributed by atoms with Gasteiger partial charge in [0.25, 0.3) is 0 Å². The molecule has 2 amide bonds. The minimum Gasteiger partial charge on any atom is -0.385 e. The predicted octanol–water partition coefficient (Wildman–Crippen LogP) is 4.50. The summed E-state index contributed by atoms with van der Waals surface area (Å²) in [4.78, 5) is 31.9. The van der Waals surface area contributed by atoms with E-state index in [0.29, 0.717) is 25.1 Å². The van der Waals surface area contributed by atoms with Crippen molar-refractivity contribution < 1.29 is 14.3 Å². The summed E-state index contributed by atoms with van der Waals surface area (Å²) in [5, 5.41) is 0. The van der Waals surface area contributed by atoms with Crippen molar-refractivity contribution in [3.05, 3.63) is 89.7 Å². The topological polar surface area (TPSA) is 116 Å². The summed E-state index contributed by atoms with van der Waals surface area (Å²) >= 11 is 0. The number of aryl methyl sites for hydroxylation is 1. The summed E-state index contributed by atoms with van der Waals surface area (Å²) in [5.41, 5.74) is 17.7. The Morgan fingerprint density at radius 3 is 2.59 bits per heavy atom. The number of fused-ring (bicyclic) bond motifs is 1. The molecule has 8 nitrogen and oxygen atoms in total. The van der Waals surface area contributed by atoms with Crippen LogP contribution in [0.1, 0.15) is 53.3 Å². The fraction of sp³-hybridized carbons (Fsp3) is 0.364. The van der Waals surface area contributed by atoms with E-state index in [9.17, 15) is 9.59 Å². The molecule has 1 aliphatic rings. The number of imidazole rings is 1. The summed E-state index contributed by atoms with van der Waals surface area (Å²) in [6, 6.07) is 23.2. The van der Waals surface area contributed by atoms with Crippen LogP contribution in [0.4, 0.5) is 0 Å². The predicted molar refractivity (Wildman–Crippen MR) is 161 cm³/mol. The molecule has 0 radical (unpaired) electrons. The first-order valence-electron chi connectivity index (χ1n) is 14.4. The first-order chi connectivity index (χ1) is 19.9. The van der Waals surface area contributed by atoms with Crippen molar-refractivity contribution in [1.82, 2.24) is 14.5 Å². The molecule has 4 N–H and O–H groups in total. The fourth-order valence-electron chi connectivity index (χ4n) is 5.92. The van der Waals surface area contributed by atoms with Crippen LogP contribution < -0.4 is 11.5 Å². The van der Waals surface area contributed by atoms with Gasteiger partial charge in [0.15, 0.2) is 0 Å². The van der Waals surface area contributed by atoms with Gasteiger partial charge in [-0.25, -0.2) is 4.98 Å². The summed E-state index contributed by atoms with van der Waals surface area (Å²) in [6.07, 6.45) is 3.71. The summed E-state index contributed by atoms with van der Waals surface area (Å²) in [7, 11) is 1.73. The number of benzene rings is 3. The van der Waals surface area contributed by atoms with Crippen molar-refractivity contribution in [2.45, 2.75) is 50.6 Å². The van der Waals surface area contributed by atoms with Gasteiger partial charge in [-0.3, -0.25) is 9.59 Å². The Balaban J connectivity index is 1.26. The largest absolute Gasteiger partial charge is 0.385 e. The Morgan fingerprint density at radius 2 is 1.80 bits per heavy atom. The number of ether oxygens (including phenoxy) is 1. The summed E-state index contributed by atoms with van der Waals surface area (Å²) in [5.74, 6) is 0.879. The molecule has 4 aromatic rings. The second-order valence-corrected chi connectivity index (χ2v) is 10.9. The first kappa shape index (κ1) is 28.5. The number of rotatable bonds is 11. The molecule has 1 aliphatic heterocycles. The third-order valence-electron chi connectivity index (χ3n) is 7.97. The van der Waals surface area contributed by atoms with Crippen molar-refractivity contribution in [2.24, 2.45) is 11.5 Å². The van der Waals surface area contributed by atoms with Gasteiger partial charge in [-0.15, -0.1) is 0 Å². The third-order valence-corrected chi connectivity index (χ3v) is 7.97. The lowest BCUT2D eigenvalue weighted by Gasteiger charge is -2.33. The average molecular weight is 554 g/mol. The molecule has 0 saturated carbocycles. The van der Waals surface area contributed by atoms with E-state index in [1.165, 1.54) is 0 Å². The molecule has 5 rings (SSSR count). The van der Waals surface area contributed by atoms with Crippen molar-refractivity contribution in [3.8, 4) is 11.1 Å². The van der Waals surface area contributed by atoms with E-state index >= 15 is 0 Å². The molecule has 41 heavy (non-hydrogen) atoms. The van der Waals surface area contributed by atoms with Crippen molar-refractivity contribution in [1.29, 1.82) is 0 Å². The lowest BCUT2D eigenvalue weighted by molar-refractivity contribution is -0.132. The third kappa shape index (κ3) is 6.66. The number of carbonyl (C=O) groups is 2. The normalized spacial score (nSPS) is 16.1. The van der Waals surface area contributed by atoms with Gasteiger partial charge in [0, 0.05) is 57.3 Å². The molecule has 1 saturated heterocycles. The van der Waals surface area contributed by atoms with Crippen LogP contribution >= 0.6 is 0 Å². The molecular weight excluding hydrogens is 514 g/mol. The number of piperidine rings is 1. The minimum atomic E-state index is -0.450. The number of likely N-dealkylation sites (tertiary alicyclic amines) is 1. The quantitative estimate of drug-likeness (QED) is 0.265. The molecule has 0 unspecified atom stereocenters.